The molecule has 1 amide bonds. The van der Waals surface area contributed by atoms with E-state index >= 15 is 0 Å². The van der Waals surface area contributed by atoms with Crippen LogP contribution in [0.15, 0.2) is 48.5 Å². The van der Waals surface area contributed by atoms with E-state index in [1.54, 1.807) is 7.11 Å². The first-order valence-corrected chi connectivity index (χ1v) is 7.20. The molecule has 21 heavy (non-hydrogen) atoms. The zero-order valence-electron chi connectivity index (χ0n) is 11.9. The summed E-state index contributed by atoms with van der Waals surface area (Å²) in [5.41, 5.74) is 2.10. The van der Waals surface area contributed by atoms with E-state index in [0.29, 0.717) is 23.7 Å². The van der Waals surface area contributed by atoms with Crippen LogP contribution in [-0.2, 0) is 17.6 Å². The fourth-order valence-corrected chi connectivity index (χ4v) is 2.24. The Kier molecular flexibility index (Phi) is 5.64. The number of hydrogen-bond donors (Lipinski definition) is 1. The minimum Gasteiger partial charge on any atom is -0.495 e. The van der Waals surface area contributed by atoms with Crippen LogP contribution in [0.5, 0.6) is 5.75 Å². The molecule has 3 nitrogen and oxygen atoms in total. The highest BCUT2D eigenvalue weighted by Gasteiger charge is 2.04. The molecular weight excluding hydrogens is 286 g/mol. The van der Waals surface area contributed by atoms with Crippen molar-refractivity contribution < 1.29 is 9.53 Å². The molecule has 0 aliphatic rings. The lowest BCUT2D eigenvalue weighted by Gasteiger charge is -2.08. The Morgan fingerprint density at radius 3 is 2.62 bits per heavy atom. The van der Waals surface area contributed by atoms with E-state index in [9.17, 15) is 4.79 Å². The Morgan fingerprint density at radius 2 is 1.90 bits per heavy atom. The number of nitrogens with one attached hydrogen (secondary N) is 1. The zero-order valence-corrected chi connectivity index (χ0v) is 12.7. The number of carbonyl (C=O) groups excluding carboxylic acids is 1. The molecule has 110 valence electrons. The quantitative estimate of drug-likeness (QED) is 0.889. The number of hydrogen-bond acceptors (Lipinski definition) is 2. The van der Waals surface area contributed by atoms with Crippen LogP contribution >= 0.6 is 11.6 Å². The first-order chi connectivity index (χ1) is 10.2. The third kappa shape index (κ3) is 4.80. The lowest BCUT2D eigenvalue weighted by atomic mass is 10.1. The van der Waals surface area contributed by atoms with E-state index in [2.05, 4.69) is 5.32 Å². The van der Waals surface area contributed by atoms with Gasteiger partial charge in [-0.25, -0.2) is 0 Å². The van der Waals surface area contributed by atoms with Gasteiger partial charge in [0.25, 0.3) is 0 Å². The molecule has 0 radical (unpaired) electrons. The molecular formula is C17H18ClNO2. The number of amides is 1. The zero-order chi connectivity index (χ0) is 15.1. The van der Waals surface area contributed by atoms with E-state index in [-0.39, 0.29) is 5.91 Å². The fraction of sp³-hybridized carbons (Fsp3) is 0.235. The largest absolute Gasteiger partial charge is 0.495 e. The monoisotopic (exact) mass is 303 g/mol. The number of carbonyl (C=O) groups is 1. The maximum atomic E-state index is 11.8. The van der Waals surface area contributed by atoms with Gasteiger partial charge in [-0.15, -0.1) is 0 Å². The molecule has 0 unspecified atom stereocenters. The maximum Gasteiger partial charge on any atom is 0.224 e. The summed E-state index contributed by atoms with van der Waals surface area (Å²) >= 11 is 5.98. The number of methoxy groups -OCH3 is 1. The molecule has 0 spiro atoms. The molecule has 0 aromatic heterocycles. The minimum atomic E-state index is 0.0297. The molecule has 2 aromatic carbocycles. The summed E-state index contributed by atoms with van der Waals surface area (Å²) in [6, 6.07) is 15.3. The van der Waals surface area contributed by atoms with Gasteiger partial charge in [-0.05, 0) is 29.7 Å². The van der Waals surface area contributed by atoms with E-state index < -0.39 is 0 Å². The molecule has 1 N–H and O–H groups in total. The topological polar surface area (TPSA) is 38.3 Å². The van der Waals surface area contributed by atoms with Gasteiger partial charge in [-0.2, -0.15) is 0 Å². The Morgan fingerprint density at radius 1 is 1.14 bits per heavy atom. The van der Waals surface area contributed by atoms with Crippen molar-refractivity contribution in [3.05, 3.63) is 64.7 Å². The molecule has 2 rings (SSSR count). The number of halogens is 1. The molecule has 0 saturated carbocycles. The van der Waals surface area contributed by atoms with Crippen LogP contribution in [-0.4, -0.2) is 19.6 Å². The second-order valence-electron chi connectivity index (χ2n) is 4.73. The van der Waals surface area contributed by atoms with Crippen molar-refractivity contribution in [3.63, 3.8) is 0 Å². The Bertz CT molecular complexity index is 599. The van der Waals surface area contributed by atoms with E-state index in [1.165, 1.54) is 0 Å². The van der Waals surface area contributed by atoms with Crippen molar-refractivity contribution in [2.24, 2.45) is 0 Å². The van der Waals surface area contributed by atoms with Crippen LogP contribution in [0, 0.1) is 0 Å². The van der Waals surface area contributed by atoms with Crippen LogP contribution in [0.3, 0.4) is 0 Å². The molecule has 0 fully saturated rings. The van der Waals surface area contributed by atoms with Crippen molar-refractivity contribution in [3.8, 4) is 5.75 Å². The van der Waals surface area contributed by atoms with Crippen LogP contribution in [0.1, 0.15) is 11.1 Å². The predicted octanol–water partition coefficient (Wildman–Crippen LogP) is 3.25. The van der Waals surface area contributed by atoms with Gasteiger partial charge in [-0.1, -0.05) is 48.0 Å². The lowest BCUT2D eigenvalue weighted by Crippen LogP contribution is -2.27. The number of benzene rings is 2. The summed E-state index contributed by atoms with van der Waals surface area (Å²) in [5, 5.41) is 3.51. The number of ether oxygens (including phenoxy) is 1. The average molecular weight is 304 g/mol. The van der Waals surface area contributed by atoms with Crippen LogP contribution in [0.4, 0.5) is 0 Å². The second-order valence-corrected chi connectivity index (χ2v) is 5.14. The summed E-state index contributed by atoms with van der Waals surface area (Å²) in [6.07, 6.45) is 1.15. The minimum absolute atomic E-state index is 0.0297. The summed E-state index contributed by atoms with van der Waals surface area (Å²) in [5.74, 6) is 0.687. The first kappa shape index (κ1) is 15.4. The summed E-state index contributed by atoms with van der Waals surface area (Å²) in [4.78, 5) is 11.8. The van der Waals surface area contributed by atoms with Crippen molar-refractivity contribution in [1.82, 2.24) is 5.32 Å². The standard InChI is InChI=1S/C17H18ClNO2/c1-21-16-11-14(7-8-15(16)18)9-10-19-17(20)12-13-5-3-2-4-6-13/h2-8,11H,9-10,12H2,1H3,(H,19,20). The lowest BCUT2D eigenvalue weighted by molar-refractivity contribution is -0.120. The van der Waals surface area contributed by atoms with Gasteiger partial charge >= 0.3 is 0 Å². The Labute approximate surface area is 129 Å². The van der Waals surface area contributed by atoms with E-state index in [4.69, 9.17) is 16.3 Å². The second kappa shape index (κ2) is 7.70. The van der Waals surface area contributed by atoms with Crippen LogP contribution in [0.2, 0.25) is 5.02 Å². The van der Waals surface area contributed by atoms with Crippen molar-refractivity contribution in [2.75, 3.05) is 13.7 Å². The first-order valence-electron chi connectivity index (χ1n) is 6.82. The molecule has 0 atom stereocenters. The van der Waals surface area contributed by atoms with Crippen molar-refractivity contribution in [1.29, 1.82) is 0 Å². The normalized spacial score (nSPS) is 10.2. The highest BCUT2D eigenvalue weighted by molar-refractivity contribution is 6.32. The van der Waals surface area contributed by atoms with Gasteiger partial charge in [0, 0.05) is 6.54 Å². The van der Waals surface area contributed by atoms with Crippen LogP contribution in [0.25, 0.3) is 0 Å². The third-order valence-electron chi connectivity index (χ3n) is 3.16. The van der Waals surface area contributed by atoms with Gasteiger partial charge in [-0.3, -0.25) is 4.79 Å². The summed E-state index contributed by atoms with van der Waals surface area (Å²) in [7, 11) is 1.59. The molecule has 0 aliphatic heterocycles. The van der Waals surface area contributed by atoms with Gasteiger partial charge in [0.15, 0.2) is 0 Å². The number of rotatable bonds is 6. The Balaban J connectivity index is 1.80. The van der Waals surface area contributed by atoms with Gasteiger partial charge < -0.3 is 10.1 Å². The highest BCUT2D eigenvalue weighted by Crippen LogP contribution is 2.24. The molecule has 0 heterocycles. The molecule has 4 heteroatoms. The summed E-state index contributed by atoms with van der Waals surface area (Å²) < 4.78 is 5.17. The maximum absolute atomic E-state index is 11.8. The fourth-order valence-electron chi connectivity index (χ4n) is 2.05. The SMILES string of the molecule is COc1cc(CCNC(=O)Cc2ccccc2)ccc1Cl. The smallest absolute Gasteiger partial charge is 0.224 e. The molecule has 2 aromatic rings. The average Bonchev–Trinajstić information content (AvgIpc) is 2.50. The van der Waals surface area contributed by atoms with E-state index in [0.717, 1.165) is 17.5 Å². The van der Waals surface area contributed by atoms with Crippen molar-refractivity contribution in [2.45, 2.75) is 12.8 Å². The molecule has 0 saturated heterocycles. The van der Waals surface area contributed by atoms with Gasteiger partial charge in [0.05, 0.1) is 18.6 Å². The molecule has 0 bridgehead atoms. The van der Waals surface area contributed by atoms with E-state index in [1.807, 2.05) is 48.5 Å². The van der Waals surface area contributed by atoms with Crippen molar-refractivity contribution >= 4 is 17.5 Å². The van der Waals surface area contributed by atoms with Crippen LogP contribution < -0.4 is 10.1 Å². The van der Waals surface area contributed by atoms with Gasteiger partial charge in [0.1, 0.15) is 5.75 Å². The highest BCUT2D eigenvalue weighted by atomic mass is 35.5. The molecule has 0 aliphatic carbocycles. The summed E-state index contributed by atoms with van der Waals surface area (Å²) in [6.45, 7) is 0.594. The third-order valence-corrected chi connectivity index (χ3v) is 3.47. The Hall–Kier alpha value is -2.00. The van der Waals surface area contributed by atoms with Gasteiger partial charge in [0.2, 0.25) is 5.91 Å². The predicted molar refractivity (Wildman–Crippen MR) is 84.9 cm³/mol.